The molecule has 0 saturated carbocycles. The highest BCUT2D eigenvalue weighted by Crippen LogP contribution is 2.17. The minimum Gasteiger partial charge on any atom is -0.494 e. The second-order valence-electron chi connectivity index (χ2n) is 4.17. The standard InChI is InChI=1S/C12H19FN2O3S/c1-18-12-5-4-10(8-11(12)13)9-14-6-3-7-15-19(2,16)17/h4-5,8,14-15H,3,6-7,9H2,1-2H3. The average Bonchev–Trinajstić information content (AvgIpc) is 2.32. The lowest BCUT2D eigenvalue weighted by molar-refractivity contribution is 0.386. The van der Waals surface area contributed by atoms with Crippen LogP contribution in [0.15, 0.2) is 18.2 Å². The molecule has 0 aliphatic heterocycles. The van der Waals surface area contributed by atoms with Crippen LogP contribution in [0.2, 0.25) is 0 Å². The summed E-state index contributed by atoms with van der Waals surface area (Å²) in [4.78, 5) is 0. The van der Waals surface area contributed by atoms with Crippen molar-refractivity contribution in [1.82, 2.24) is 10.0 Å². The minimum absolute atomic E-state index is 0.223. The van der Waals surface area contributed by atoms with Crippen LogP contribution >= 0.6 is 0 Å². The Kier molecular flexibility index (Phi) is 6.20. The number of hydrogen-bond donors (Lipinski definition) is 2. The van der Waals surface area contributed by atoms with Gasteiger partial charge in [-0.2, -0.15) is 0 Å². The fraction of sp³-hybridized carbons (Fsp3) is 0.500. The van der Waals surface area contributed by atoms with Crippen molar-refractivity contribution in [2.75, 3.05) is 26.5 Å². The predicted octanol–water partition coefficient (Wildman–Crippen LogP) is 0.863. The molecule has 0 atom stereocenters. The van der Waals surface area contributed by atoms with E-state index in [2.05, 4.69) is 10.0 Å². The first-order chi connectivity index (χ1) is 8.92. The predicted molar refractivity (Wildman–Crippen MR) is 72.1 cm³/mol. The third-order valence-electron chi connectivity index (χ3n) is 2.44. The van der Waals surface area contributed by atoms with Gasteiger partial charge in [-0.25, -0.2) is 17.5 Å². The zero-order valence-electron chi connectivity index (χ0n) is 11.1. The summed E-state index contributed by atoms with van der Waals surface area (Å²) in [5.74, 6) is -0.165. The van der Waals surface area contributed by atoms with E-state index in [1.807, 2.05) is 0 Å². The van der Waals surface area contributed by atoms with Gasteiger partial charge >= 0.3 is 0 Å². The Morgan fingerprint density at radius 2 is 2.05 bits per heavy atom. The van der Waals surface area contributed by atoms with Gasteiger partial charge in [0.05, 0.1) is 13.4 Å². The normalized spacial score (nSPS) is 11.5. The zero-order valence-corrected chi connectivity index (χ0v) is 11.9. The first-order valence-electron chi connectivity index (χ1n) is 5.90. The van der Waals surface area contributed by atoms with Gasteiger partial charge in [0.2, 0.25) is 10.0 Å². The largest absolute Gasteiger partial charge is 0.494 e. The number of rotatable bonds is 8. The molecule has 0 aliphatic rings. The Balaban J connectivity index is 2.24. The second-order valence-corrected chi connectivity index (χ2v) is 6.00. The van der Waals surface area contributed by atoms with Crippen molar-refractivity contribution >= 4 is 10.0 Å². The van der Waals surface area contributed by atoms with Crippen LogP contribution in [-0.2, 0) is 16.6 Å². The molecular formula is C12H19FN2O3S. The lowest BCUT2D eigenvalue weighted by Crippen LogP contribution is -2.26. The van der Waals surface area contributed by atoms with Crippen LogP contribution in [0.4, 0.5) is 4.39 Å². The molecule has 1 rings (SSSR count). The lowest BCUT2D eigenvalue weighted by Gasteiger charge is -2.07. The summed E-state index contributed by atoms with van der Waals surface area (Å²) in [6, 6.07) is 4.78. The van der Waals surface area contributed by atoms with Crippen molar-refractivity contribution in [2.24, 2.45) is 0 Å². The monoisotopic (exact) mass is 290 g/mol. The molecule has 19 heavy (non-hydrogen) atoms. The molecule has 0 heterocycles. The van der Waals surface area contributed by atoms with Gasteiger partial charge in [-0.05, 0) is 30.7 Å². The minimum atomic E-state index is -3.12. The van der Waals surface area contributed by atoms with E-state index in [9.17, 15) is 12.8 Å². The Bertz CT molecular complexity index is 506. The maximum absolute atomic E-state index is 13.4. The van der Waals surface area contributed by atoms with E-state index in [4.69, 9.17) is 4.74 Å². The number of hydrogen-bond acceptors (Lipinski definition) is 4. The van der Waals surface area contributed by atoms with Crippen molar-refractivity contribution in [1.29, 1.82) is 0 Å². The van der Waals surface area contributed by atoms with Crippen LogP contribution in [0.25, 0.3) is 0 Å². The van der Waals surface area contributed by atoms with Crippen molar-refractivity contribution in [3.05, 3.63) is 29.6 Å². The highest BCUT2D eigenvalue weighted by Gasteiger charge is 2.03. The van der Waals surface area contributed by atoms with E-state index >= 15 is 0 Å². The molecule has 0 amide bonds. The summed E-state index contributed by atoms with van der Waals surface area (Å²) in [6.45, 7) is 1.57. The van der Waals surface area contributed by atoms with Crippen LogP contribution in [0.5, 0.6) is 5.75 Å². The van der Waals surface area contributed by atoms with Gasteiger partial charge in [0.1, 0.15) is 0 Å². The lowest BCUT2D eigenvalue weighted by atomic mass is 10.2. The molecule has 5 nitrogen and oxygen atoms in total. The molecule has 0 unspecified atom stereocenters. The van der Waals surface area contributed by atoms with E-state index in [1.165, 1.54) is 13.2 Å². The summed E-state index contributed by atoms with van der Waals surface area (Å²) in [6.07, 6.45) is 1.80. The van der Waals surface area contributed by atoms with Gasteiger partial charge in [0, 0.05) is 13.1 Å². The quantitative estimate of drug-likeness (QED) is 0.697. The molecule has 1 aromatic rings. The fourth-order valence-electron chi connectivity index (χ4n) is 1.52. The molecule has 0 saturated heterocycles. The Hall–Kier alpha value is -1.18. The highest BCUT2D eigenvalue weighted by atomic mass is 32.2. The SMILES string of the molecule is COc1ccc(CNCCCNS(C)(=O)=O)cc1F. The number of benzene rings is 1. The van der Waals surface area contributed by atoms with E-state index in [1.54, 1.807) is 12.1 Å². The van der Waals surface area contributed by atoms with Crippen LogP contribution in [-0.4, -0.2) is 34.9 Å². The van der Waals surface area contributed by atoms with Crippen molar-refractivity contribution in [2.45, 2.75) is 13.0 Å². The molecule has 1 aromatic carbocycles. The molecular weight excluding hydrogens is 271 g/mol. The van der Waals surface area contributed by atoms with Crippen LogP contribution in [0, 0.1) is 5.82 Å². The zero-order chi connectivity index (χ0) is 14.3. The van der Waals surface area contributed by atoms with E-state index in [0.717, 1.165) is 11.8 Å². The van der Waals surface area contributed by atoms with E-state index in [-0.39, 0.29) is 11.6 Å². The van der Waals surface area contributed by atoms with Gasteiger partial charge in [-0.15, -0.1) is 0 Å². The van der Waals surface area contributed by atoms with Gasteiger partial charge in [-0.3, -0.25) is 0 Å². The first kappa shape index (κ1) is 15.9. The van der Waals surface area contributed by atoms with Gasteiger partial charge in [0.25, 0.3) is 0 Å². The van der Waals surface area contributed by atoms with Crippen LogP contribution < -0.4 is 14.8 Å². The van der Waals surface area contributed by atoms with Gasteiger partial charge in [0.15, 0.2) is 11.6 Å². The number of ether oxygens (including phenoxy) is 1. The number of nitrogens with one attached hydrogen (secondary N) is 2. The van der Waals surface area contributed by atoms with E-state index in [0.29, 0.717) is 26.1 Å². The van der Waals surface area contributed by atoms with Crippen molar-refractivity contribution in [3.63, 3.8) is 0 Å². The molecule has 0 fully saturated rings. The summed E-state index contributed by atoms with van der Waals surface area (Å²) in [5.41, 5.74) is 0.814. The second kappa shape index (κ2) is 7.42. The summed E-state index contributed by atoms with van der Waals surface area (Å²) in [5, 5.41) is 3.11. The number of methoxy groups -OCH3 is 1. The smallest absolute Gasteiger partial charge is 0.208 e. The molecule has 2 N–H and O–H groups in total. The summed E-state index contributed by atoms with van der Waals surface area (Å²) >= 11 is 0. The molecule has 0 aromatic heterocycles. The third-order valence-corrected chi connectivity index (χ3v) is 3.17. The molecule has 0 radical (unpaired) electrons. The average molecular weight is 290 g/mol. The topological polar surface area (TPSA) is 67.4 Å². The van der Waals surface area contributed by atoms with Crippen molar-refractivity contribution in [3.8, 4) is 5.75 Å². The number of sulfonamides is 1. The summed E-state index contributed by atoms with van der Waals surface area (Å²) in [7, 11) is -1.70. The highest BCUT2D eigenvalue weighted by molar-refractivity contribution is 7.88. The third kappa shape index (κ3) is 6.51. The van der Waals surface area contributed by atoms with Gasteiger partial charge < -0.3 is 10.1 Å². The maximum Gasteiger partial charge on any atom is 0.208 e. The molecule has 0 spiro atoms. The summed E-state index contributed by atoms with van der Waals surface area (Å²) < 4.78 is 42.2. The Morgan fingerprint density at radius 3 is 2.63 bits per heavy atom. The van der Waals surface area contributed by atoms with Crippen LogP contribution in [0.1, 0.15) is 12.0 Å². The Labute approximate surface area is 113 Å². The molecule has 0 aliphatic carbocycles. The van der Waals surface area contributed by atoms with Crippen molar-refractivity contribution < 1.29 is 17.5 Å². The number of halogens is 1. The molecule has 0 bridgehead atoms. The maximum atomic E-state index is 13.4. The molecule has 7 heteroatoms. The van der Waals surface area contributed by atoms with E-state index < -0.39 is 10.0 Å². The fourth-order valence-corrected chi connectivity index (χ4v) is 2.04. The van der Waals surface area contributed by atoms with Crippen LogP contribution in [0.3, 0.4) is 0 Å². The molecule has 108 valence electrons. The first-order valence-corrected chi connectivity index (χ1v) is 7.79. The van der Waals surface area contributed by atoms with Gasteiger partial charge in [-0.1, -0.05) is 6.07 Å². The Morgan fingerprint density at radius 1 is 1.32 bits per heavy atom.